The summed E-state index contributed by atoms with van der Waals surface area (Å²) >= 11 is 0. The third-order valence-electron chi connectivity index (χ3n) is 3.41. The van der Waals surface area contributed by atoms with Crippen LogP contribution < -0.4 is 15.4 Å². The smallest absolute Gasteiger partial charge is 0.239 e. The number of anilines is 1. The van der Waals surface area contributed by atoms with Gasteiger partial charge in [-0.05, 0) is 42.0 Å². The van der Waals surface area contributed by atoms with Gasteiger partial charge >= 0.3 is 0 Å². The van der Waals surface area contributed by atoms with Crippen molar-refractivity contribution in [1.29, 1.82) is 5.26 Å². The lowest BCUT2D eigenvalue weighted by atomic mass is 10.2. The first-order valence-electron chi connectivity index (χ1n) is 7.92. The van der Waals surface area contributed by atoms with Crippen LogP contribution >= 0.6 is 0 Å². The fraction of sp³-hybridized carbons (Fsp3) is 0.263. The molecule has 2 aromatic rings. The predicted octanol–water partition coefficient (Wildman–Crippen LogP) is 2.31. The van der Waals surface area contributed by atoms with Crippen LogP contribution in [-0.2, 0) is 16.1 Å². The number of methoxy groups -OCH3 is 1. The Morgan fingerprint density at radius 2 is 1.96 bits per heavy atom. The van der Waals surface area contributed by atoms with Crippen molar-refractivity contribution in [2.75, 3.05) is 32.2 Å². The highest BCUT2D eigenvalue weighted by Crippen LogP contribution is 2.13. The van der Waals surface area contributed by atoms with E-state index in [4.69, 9.17) is 14.7 Å². The van der Waals surface area contributed by atoms with Gasteiger partial charge in [0.05, 0.1) is 24.8 Å². The number of nitriles is 1. The van der Waals surface area contributed by atoms with Gasteiger partial charge in [0.2, 0.25) is 5.91 Å². The number of amides is 1. The second-order valence-corrected chi connectivity index (χ2v) is 5.31. The molecule has 2 aromatic carbocycles. The summed E-state index contributed by atoms with van der Waals surface area (Å²) in [6.07, 6.45) is 0. The van der Waals surface area contributed by atoms with E-state index in [-0.39, 0.29) is 12.5 Å². The minimum atomic E-state index is -0.116. The summed E-state index contributed by atoms with van der Waals surface area (Å²) in [4.78, 5) is 11.9. The molecule has 0 aliphatic carbocycles. The first-order valence-corrected chi connectivity index (χ1v) is 7.92. The summed E-state index contributed by atoms with van der Waals surface area (Å²) in [6.45, 7) is 1.61. The second kappa shape index (κ2) is 9.96. The van der Waals surface area contributed by atoms with Crippen molar-refractivity contribution in [3.05, 3.63) is 59.7 Å². The third kappa shape index (κ3) is 6.53. The van der Waals surface area contributed by atoms with Crippen molar-refractivity contribution < 1.29 is 14.3 Å². The zero-order valence-corrected chi connectivity index (χ0v) is 14.1. The van der Waals surface area contributed by atoms with Crippen molar-refractivity contribution in [3.8, 4) is 11.8 Å². The summed E-state index contributed by atoms with van der Waals surface area (Å²) < 4.78 is 10.5. The van der Waals surface area contributed by atoms with E-state index in [0.717, 1.165) is 17.0 Å². The van der Waals surface area contributed by atoms with E-state index in [1.54, 1.807) is 31.4 Å². The number of nitrogens with one attached hydrogen (secondary N) is 2. The Hall–Kier alpha value is -3.04. The van der Waals surface area contributed by atoms with E-state index in [1.165, 1.54) is 0 Å². The van der Waals surface area contributed by atoms with Gasteiger partial charge in [-0.2, -0.15) is 5.26 Å². The Kier molecular flexibility index (Phi) is 7.29. The molecule has 6 heteroatoms. The maximum absolute atomic E-state index is 11.9. The Labute approximate surface area is 147 Å². The van der Waals surface area contributed by atoms with Crippen LogP contribution in [0.2, 0.25) is 0 Å². The van der Waals surface area contributed by atoms with Crippen molar-refractivity contribution >= 4 is 11.6 Å². The van der Waals surface area contributed by atoms with Crippen molar-refractivity contribution in [1.82, 2.24) is 5.32 Å². The summed E-state index contributed by atoms with van der Waals surface area (Å²) in [6, 6.07) is 16.6. The van der Waals surface area contributed by atoms with E-state index in [0.29, 0.717) is 25.3 Å². The molecule has 0 aromatic heterocycles. The van der Waals surface area contributed by atoms with Crippen LogP contribution in [-0.4, -0.2) is 32.8 Å². The van der Waals surface area contributed by atoms with Crippen LogP contribution in [0.5, 0.6) is 5.75 Å². The standard InChI is InChI=1S/C19H21N3O3/c1-24-9-10-25-18-4-2-3-16(11-18)13-22-19(23)14-21-17-7-5-15(12-20)6-8-17/h2-8,11,21H,9-10,13-14H2,1H3,(H,22,23). The Balaban J connectivity index is 1.75. The molecule has 0 spiro atoms. The lowest BCUT2D eigenvalue weighted by molar-refractivity contribution is -0.119. The van der Waals surface area contributed by atoms with Crippen LogP contribution in [0.3, 0.4) is 0 Å². The molecule has 0 aliphatic heterocycles. The number of nitrogens with zero attached hydrogens (tertiary/aromatic N) is 1. The third-order valence-corrected chi connectivity index (χ3v) is 3.41. The van der Waals surface area contributed by atoms with E-state index in [1.807, 2.05) is 24.3 Å². The fourth-order valence-corrected chi connectivity index (χ4v) is 2.10. The molecule has 0 aliphatic rings. The minimum absolute atomic E-state index is 0.116. The highest BCUT2D eigenvalue weighted by atomic mass is 16.5. The molecule has 130 valence electrons. The molecular weight excluding hydrogens is 318 g/mol. The van der Waals surface area contributed by atoms with Gasteiger partial charge in [0.1, 0.15) is 12.4 Å². The molecule has 0 fully saturated rings. The molecule has 1 amide bonds. The summed E-state index contributed by atoms with van der Waals surface area (Å²) in [5.41, 5.74) is 2.34. The van der Waals surface area contributed by atoms with Gasteiger partial charge in [-0.25, -0.2) is 0 Å². The lowest BCUT2D eigenvalue weighted by Gasteiger charge is -2.10. The van der Waals surface area contributed by atoms with Gasteiger partial charge in [-0.1, -0.05) is 12.1 Å². The van der Waals surface area contributed by atoms with E-state index in [9.17, 15) is 4.79 Å². The molecule has 0 bridgehead atoms. The van der Waals surface area contributed by atoms with E-state index >= 15 is 0 Å². The molecule has 0 saturated heterocycles. The van der Waals surface area contributed by atoms with Crippen LogP contribution in [0.4, 0.5) is 5.69 Å². The minimum Gasteiger partial charge on any atom is -0.491 e. The summed E-state index contributed by atoms with van der Waals surface area (Å²) in [5, 5.41) is 14.6. The van der Waals surface area contributed by atoms with Crippen LogP contribution in [0, 0.1) is 11.3 Å². The molecule has 25 heavy (non-hydrogen) atoms. The monoisotopic (exact) mass is 339 g/mol. The number of carbonyl (C=O) groups excluding carboxylic acids is 1. The van der Waals surface area contributed by atoms with E-state index in [2.05, 4.69) is 16.7 Å². The number of benzene rings is 2. The molecule has 0 radical (unpaired) electrons. The largest absolute Gasteiger partial charge is 0.491 e. The predicted molar refractivity (Wildman–Crippen MR) is 95.3 cm³/mol. The quantitative estimate of drug-likeness (QED) is 0.685. The van der Waals surface area contributed by atoms with Crippen molar-refractivity contribution in [2.45, 2.75) is 6.54 Å². The van der Waals surface area contributed by atoms with Crippen LogP contribution in [0.25, 0.3) is 0 Å². The maximum Gasteiger partial charge on any atom is 0.239 e. The average Bonchev–Trinajstić information content (AvgIpc) is 2.66. The zero-order chi connectivity index (χ0) is 17.9. The molecule has 0 atom stereocenters. The SMILES string of the molecule is COCCOc1cccc(CNC(=O)CNc2ccc(C#N)cc2)c1. The van der Waals surface area contributed by atoms with Crippen LogP contribution in [0.15, 0.2) is 48.5 Å². The fourth-order valence-electron chi connectivity index (χ4n) is 2.10. The topological polar surface area (TPSA) is 83.4 Å². The number of rotatable bonds is 9. The van der Waals surface area contributed by atoms with Gasteiger partial charge in [-0.3, -0.25) is 4.79 Å². The maximum atomic E-state index is 11.9. The summed E-state index contributed by atoms with van der Waals surface area (Å²) in [7, 11) is 1.63. The number of carbonyl (C=O) groups is 1. The van der Waals surface area contributed by atoms with Gasteiger partial charge < -0.3 is 20.1 Å². The van der Waals surface area contributed by atoms with Gasteiger partial charge in [-0.15, -0.1) is 0 Å². The normalized spacial score (nSPS) is 9.92. The molecule has 2 rings (SSSR count). The lowest BCUT2D eigenvalue weighted by Crippen LogP contribution is -2.29. The van der Waals surface area contributed by atoms with Gasteiger partial charge in [0.15, 0.2) is 0 Å². The highest BCUT2D eigenvalue weighted by Gasteiger charge is 2.03. The summed E-state index contributed by atoms with van der Waals surface area (Å²) in [5.74, 6) is 0.634. The first-order chi connectivity index (χ1) is 12.2. The molecule has 0 unspecified atom stereocenters. The Bertz CT molecular complexity index is 723. The van der Waals surface area contributed by atoms with Crippen molar-refractivity contribution in [3.63, 3.8) is 0 Å². The zero-order valence-electron chi connectivity index (χ0n) is 14.1. The Morgan fingerprint density at radius 3 is 2.68 bits per heavy atom. The number of hydrogen-bond donors (Lipinski definition) is 2. The Morgan fingerprint density at radius 1 is 1.16 bits per heavy atom. The van der Waals surface area contributed by atoms with Gasteiger partial charge in [0, 0.05) is 19.3 Å². The second-order valence-electron chi connectivity index (χ2n) is 5.31. The molecular formula is C19H21N3O3. The number of hydrogen-bond acceptors (Lipinski definition) is 5. The highest BCUT2D eigenvalue weighted by molar-refractivity contribution is 5.80. The van der Waals surface area contributed by atoms with Crippen molar-refractivity contribution in [2.24, 2.45) is 0 Å². The number of ether oxygens (including phenoxy) is 2. The first kappa shape index (κ1) is 18.3. The van der Waals surface area contributed by atoms with Gasteiger partial charge in [0.25, 0.3) is 0 Å². The van der Waals surface area contributed by atoms with Crippen LogP contribution in [0.1, 0.15) is 11.1 Å². The van der Waals surface area contributed by atoms with E-state index < -0.39 is 0 Å². The molecule has 0 saturated carbocycles. The molecule has 6 nitrogen and oxygen atoms in total. The average molecular weight is 339 g/mol. The molecule has 0 heterocycles. The molecule has 2 N–H and O–H groups in total.